The minimum Gasteiger partial charge on any atom is -0.342 e. The summed E-state index contributed by atoms with van der Waals surface area (Å²) >= 11 is 0. The molecule has 1 aliphatic carbocycles. The average Bonchev–Trinajstić information content (AvgIpc) is 2.23. The number of rotatable bonds is 7. The molecule has 0 aromatic heterocycles. The van der Waals surface area contributed by atoms with Crippen LogP contribution in [0.5, 0.6) is 0 Å². The highest BCUT2D eigenvalue weighted by molar-refractivity contribution is 5.79. The first kappa shape index (κ1) is 14.5. The summed E-state index contributed by atoms with van der Waals surface area (Å²) in [5.74, 6) is 1.58. The summed E-state index contributed by atoms with van der Waals surface area (Å²) in [4.78, 5) is 14.4. The van der Waals surface area contributed by atoms with Gasteiger partial charge in [0.25, 0.3) is 0 Å². The predicted molar refractivity (Wildman–Crippen MR) is 71.6 cm³/mol. The zero-order valence-corrected chi connectivity index (χ0v) is 11.6. The molecule has 0 heterocycles. The fraction of sp³-hybridized carbons (Fsp3) is 0.929. The smallest absolute Gasteiger partial charge is 0.226 e. The third-order valence-electron chi connectivity index (χ3n) is 3.79. The summed E-state index contributed by atoms with van der Waals surface area (Å²) in [6.45, 7) is 8.63. The van der Waals surface area contributed by atoms with Gasteiger partial charge in [-0.1, -0.05) is 20.3 Å². The van der Waals surface area contributed by atoms with Crippen molar-refractivity contribution in [3.63, 3.8) is 0 Å². The number of carbonyl (C=O) groups is 1. The van der Waals surface area contributed by atoms with Crippen LogP contribution in [0.3, 0.4) is 0 Å². The third kappa shape index (κ3) is 4.30. The maximum absolute atomic E-state index is 12.4. The van der Waals surface area contributed by atoms with E-state index >= 15 is 0 Å². The second kappa shape index (κ2) is 7.00. The first-order valence-corrected chi connectivity index (χ1v) is 7.07. The quantitative estimate of drug-likeness (QED) is 0.742. The number of nitrogens with two attached hydrogens (primary N) is 1. The fourth-order valence-electron chi connectivity index (χ4n) is 2.49. The fourth-order valence-corrected chi connectivity index (χ4v) is 2.49. The molecule has 0 bridgehead atoms. The molecule has 1 fully saturated rings. The summed E-state index contributed by atoms with van der Waals surface area (Å²) in [6.07, 6.45) is 4.84. The predicted octanol–water partition coefficient (Wildman–Crippen LogP) is 2.26. The van der Waals surface area contributed by atoms with Crippen LogP contribution in [0.1, 0.15) is 46.5 Å². The molecule has 17 heavy (non-hydrogen) atoms. The van der Waals surface area contributed by atoms with Gasteiger partial charge in [-0.2, -0.15) is 0 Å². The van der Waals surface area contributed by atoms with Crippen molar-refractivity contribution in [3.8, 4) is 0 Å². The standard InChI is InChI=1S/C14H28N2O/c1-4-16(10-12-6-5-7-12)14(17)13(9-15)8-11(2)3/h11-13H,4-10,15H2,1-3H3. The molecule has 2 N–H and O–H groups in total. The molecule has 0 aromatic carbocycles. The van der Waals surface area contributed by atoms with E-state index in [-0.39, 0.29) is 11.8 Å². The lowest BCUT2D eigenvalue weighted by Crippen LogP contribution is -2.43. The van der Waals surface area contributed by atoms with Gasteiger partial charge in [0.1, 0.15) is 0 Å². The van der Waals surface area contributed by atoms with Crippen molar-refractivity contribution in [2.45, 2.75) is 46.5 Å². The van der Waals surface area contributed by atoms with Crippen LogP contribution in [0.15, 0.2) is 0 Å². The van der Waals surface area contributed by atoms with E-state index in [1.54, 1.807) is 0 Å². The zero-order valence-electron chi connectivity index (χ0n) is 11.6. The second-order valence-corrected chi connectivity index (χ2v) is 5.74. The van der Waals surface area contributed by atoms with E-state index in [2.05, 4.69) is 20.8 Å². The van der Waals surface area contributed by atoms with Crippen molar-refractivity contribution < 1.29 is 4.79 Å². The van der Waals surface area contributed by atoms with Crippen LogP contribution in [0.25, 0.3) is 0 Å². The Labute approximate surface area is 106 Å². The molecular formula is C14H28N2O. The molecule has 3 nitrogen and oxygen atoms in total. The van der Waals surface area contributed by atoms with Crippen molar-refractivity contribution in [1.29, 1.82) is 0 Å². The van der Waals surface area contributed by atoms with Gasteiger partial charge in [0.15, 0.2) is 0 Å². The number of carbonyl (C=O) groups excluding carboxylic acids is 1. The van der Waals surface area contributed by atoms with Gasteiger partial charge in [0, 0.05) is 19.6 Å². The lowest BCUT2D eigenvalue weighted by molar-refractivity contribution is -0.136. The van der Waals surface area contributed by atoms with E-state index < -0.39 is 0 Å². The molecule has 1 saturated carbocycles. The van der Waals surface area contributed by atoms with Crippen LogP contribution < -0.4 is 5.73 Å². The molecule has 0 radical (unpaired) electrons. The Kier molecular flexibility index (Phi) is 5.96. The maximum Gasteiger partial charge on any atom is 0.226 e. The van der Waals surface area contributed by atoms with E-state index in [9.17, 15) is 4.79 Å². The van der Waals surface area contributed by atoms with Crippen LogP contribution in [-0.4, -0.2) is 30.4 Å². The molecule has 1 rings (SSSR count). The Morgan fingerprint density at radius 2 is 2.06 bits per heavy atom. The summed E-state index contributed by atoms with van der Waals surface area (Å²) in [5.41, 5.74) is 5.74. The monoisotopic (exact) mass is 240 g/mol. The number of amides is 1. The highest BCUT2D eigenvalue weighted by Gasteiger charge is 2.27. The highest BCUT2D eigenvalue weighted by Crippen LogP contribution is 2.27. The number of nitrogens with zero attached hydrogens (tertiary/aromatic N) is 1. The molecule has 3 heteroatoms. The van der Waals surface area contributed by atoms with Crippen molar-refractivity contribution in [1.82, 2.24) is 4.90 Å². The molecule has 1 amide bonds. The SMILES string of the molecule is CCN(CC1CCC1)C(=O)C(CN)CC(C)C. The van der Waals surface area contributed by atoms with Gasteiger partial charge in [0.2, 0.25) is 5.91 Å². The van der Waals surface area contributed by atoms with E-state index in [0.29, 0.717) is 12.5 Å². The molecule has 0 spiro atoms. The van der Waals surface area contributed by atoms with Gasteiger partial charge in [-0.05, 0) is 38.0 Å². The van der Waals surface area contributed by atoms with Gasteiger partial charge in [-0.25, -0.2) is 0 Å². The minimum absolute atomic E-state index is 0.0232. The number of hydrogen-bond acceptors (Lipinski definition) is 2. The molecule has 0 aliphatic heterocycles. The zero-order chi connectivity index (χ0) is 12.8. The Hall–Kier alpha value is -0.570. The average molecular weight is 240 g/mol. The number of hydrogen-bond donors (Lipinski definition) is 1. The van der Waals surface area contributed by atoms with Gasteiger partial charge in [-0.15, -0.1) is 0 Å². The molecule has 1 atom stereocenters. The van der Waals surface area contributed by atoms with Crippen molar-refractivity contribution >= 4 is 5.91 Å². The van der Waals surface area contributed by atoms with Crippen LogP contribution in [0.2, 0.25) is 0 Å². The van der Waals surface area contributed by atoms with Gasteiger partial charge in [0.05, 0.1) is 5.92 Å². The first-order valence-electron chi connectivity index (χ1n) is 7.07. The maximum atomic E-state index is 12.4. The third-order valence-corrected chi connectivity index (χ3v) is 3.79. The lowest BCUT2D eigenvalue weighted by Gasteiger charge is -2.33. The van der Waals surface area contributed by atoms with Crippen LogP contribution in [-0.2, 0) is 4.79 Å². The highest BCUT2D eigenvalue weighted by atomic mass is 16.2. The normalized spacial score (nSPS) is 17.9. The second-order valence-electron chi connectivity index (χ2n) is 5.74. The van der Waals surface area contributed by atoms with E-state index in [1.807, 2.05) is 4.90 Å². The molecule has 1 unspecified atom stereocenters. The molecule has 100 valence electrons. The van der Waals surface area contributed by atoms with Crippen LogP contribution >= 0.6 is 0 Å². The van der Waals surface area contributed by atoms with Gasteiger partial charge in [-0.3, -0.25) is 4.79 Å². The Morgan fingerprint density at radius 3 is 2.41 bits per heavy atom. The van der Waals surface area contributed by atoms with Crippen LogP contribution in [0.4, 0.5) is 0 Å². The largest absolute Gasteiger partial charge is 0.342 e. The molecule has 0 aromatic rings. The van der Waals surface area contributed by atoms with E-state index in [0.717, 1.165) is 25.4 Å². The lowest BCUT2D eigenvalue weighted by atomic mass is 9.84. The van der Waals surface area contributed by atoms with Crippen molar-refractivity contribution in [3.05, 3.63) is 0 Å². The topological polar surface area (TPSA) is 46.3 Å². The summed E-state index contributed by atoms with van der Waals surface area (Å²) in [5, 5.41) is 0. The van der Waals surface area contributed by atoms with Crippen molar-refractivity contribution in [2.24, 2.45) is 23.5 Å². The van der Waals surface area contributed by atoms with E-state index in [1.165, 1.54) is 19.3 Å². The molecule has 1 aliphatic rings. The first-order chi connectivity index (χ1) is 8.08. The molecular weight excluding hydrogens is 212 g/mol. The Balaban J connectivity index is 2.49. The van der Waals surface area contributed by atoms with Crippen LogP contribution in [0, 0.1) is 17.8 Å². The summed E-state index contributed by atoms with van der Waals surface area (Å²) in [6, 6.07) is 0. The minimum atomic E-state index is 0.0232. The molecule has 0 saturated heterocycles. The van der Waals surface area contributed by atoms with Gasteiger partial charge >= 0.3 is 0 Å². The summed E-state index contributed by atoms with van der Waals surface area (Å²) in [7, 11) is 0. The van der Waals surface area contributed by atoms with Crippen molar-refractivity contribution in [2.75, 3.05) is 19.6 Å². The Morgan fingerprint density at radius 1 is 1.41 bits per heavy atom. The van der Waals surface area contributed by atoms with Gasteiger partial charge < -0.3 is 10.6 Å². The Bertz CT molecular complexity index is 236. The summed E-state index contributed by atoms with van der Waals surface area (Å²) < 4.78 is 0. The van der Waals surface area contributed by atoms with E-state index in [4.69, 9.17) is 5.73 Å².